The predicted octanol–water partition coefficient (Wildman–Crippen LogP) is 3.40. The minimum Gasteiger partial charge on any atom is -0.345 e. The molecule has 26 heavy (non-hydrogen) atoms. The fraction of sp³-hybridized carbons (Fsp3) is 0.579. The van der Waals surface area contributed by atoms with E-state index in [0.29, 0.717) is 0 Å². The average Bonchev–Trinajstić information content (AvgIpc) is 3.35. The van der Waals surface area contributed by atoms with Crippen molar-refractivity contribution in [3.8, 4) is 0 Å². The summed E-state index contributed by atoms with van der Waals surface area (Å²) in [7, 11) is 0. The van der Waals surface area contributed by atoms with Gasteiger partial charge in [0, 0.05) is 38.1 Å². The van der Waals surface area contributed by atoms with Crippen LogP contribution in [0.2, 0.25) is 0 Å². The molecular formula is C19H26N4OS2. The van der Waals surface area contributed by atoms with E-state index in [4.69, 9.17) is 4.98 Å². The Kier molecular flexibility index (Phi) is 5.57. The smallest absolute Gasteiger partial charge is 0.264 e. The number of hydrogen-bond donors (Lipinski definition) is 0. The van der Waals surface area contributed by atoms with Crippen LogP contribution in [0.25, 0.3) is 0 Å². The van der Waals surface area contributed by atoms with Crippen molar-refractivity contribution in [2.75, 3.05) is 44.2 Å². The molecule has 0 aromatic carbocycles. The van der Waals surface area contributed by atoms with Crippen LogP contribution in [0.5, 0.6) is 0 Å². The van der Waals surface area contributed by atoms with E-state index in [1.54, 1.807) is 11.3 Å². The second-order valence-electron chi connectivity index (χ2n) is 7.34. The Labute approximate surface area is 163 Å². The van der Waals surface area contributed by atoms with Crippen LogP contribution >= 0.6 is 22.7 Å². The van der Waals surface area contributed by atoms with E-state index in [-0.39, 0.29) is 5.91 Å². The summed E-state index contributed by atoms with van der Waals surface area (Å²) < 4.78 is 0. The lowest BCUT2D eigenvalue weighted by molar-refractivity contribution is 0.0751. The molecule has 7 heteroatoms. The minimum atomic E-state index is 0.166. The maximum atomic E-state index is 12.5. The van der Waals surface area contributed by atoms with Crippen LogP contribution in [0.4, 0.5) is 5.13 Å². The summed E-state index contributed by atoms with van der Waals surface area (Å²) in [6.07, 6.45) is 2.61. The van der Waals surface area contributed by atoms with Gasteiger partial charge >= 0.3 is 0 Å². The number of aromatic nitrogens is 1. The third-order valence-electron chi connectivity index (χ3n) is 5.37. The number of anilines is 1. The molecule has 2 saturated heterocycles. The Morgan fingerprint density at radius 3 is 2.62 bits per heavy atom. The van der Waals surface area contributed by atoms with Gasteiger partial charge in [0.25, 0.3) is 5.91 Å². The van der Waals surface area contributed by atoms with Crippen molar-refractivity contribution in [2.24, 2.45) is 5.92 Å². The molecule has 2 aromatic rings. The molecule has 4 rings (SSSR count). The Balaban J connectivity index is 1.29. The van der Waals surface area contributed by atoms with Crippen molar-refractivity contribution in [3.05, 3.63) is 33.5 Å². The number of thiophene rings is 1. The topological polar surface area (TPSA) is 39.7 Å². The van der Waals surface area contributed by atoms with Gasteiger partial charge in [0.1, 0.15) is 0 Å². The maximum Gasteiger partial charge on any atom is 0.264 e. The van der Waals surface area contributed by atoms with Crippen LogP contribution in [0.1, 0.15) is 35.1 Å². The molecule has 0 aliphatic carbocycles. The molecular weight excluding hydrogens is 364 g/mol. The summed E-state index contributed by atoms with van der Waals surface area (Å²) in [5.41, 5.74) is 1.19. The molecule has 5 nitrogen and oxygen atoms in total. The first-order valence-electron chi connectivity index (χ1n) is 9.43. The van der Waals surface area contributed by atoms with Crippen molar-refractivity contribution in [1.82, 2.24) is 14.8 Å². The number of thiazole rings is 1. The van der Waals surface area contributed by atoms with Crippen LogP contribution in [0.3, 0.4) is 0 Å². The molecule has 2 aromatic heterocycles. The molecule has 1 amide bonds. The fourth-order valence-corrected chi connectivity index (χ4v) is 5.18. The molecule has 4 heterocycles. The first-order chi connectivity index (χ1) is 12.7. The second kappa shape index (κ2) is 8.06. The number of rotatable bonds is 4. The zero-order valence-electron chi connectivity index (χ0n) is 15.3. The van der Waals surface area contributed by atoms with Gasteiger partial charge in [0.15, 0.2) is 5.13 Å². The maximum absolute atomic E-state index is 12.5. The zero-order chi connectivity index (χ0) is 17.9. The van der Waals surface area contributed by atoms with Gasteiger partial charge in [-0.05, 0) is 43.3 Å². The molecule has 2 fully saturated rings. The first-order valence-corrected chi connectivity index (χ1v) is 11.2. The Hall–Kier alpha value is -1.44. The van der Waals surface area contributed by atoms with Gasteiger partial charge in [-0.15, -0.1) is 22.7 Å². The lowest BCUT2D eigenvalue weighted by Gasteiger charge is -2.34. The van der Waals surface area contributed by atoms with Gasteiger partial charge in [-0.1, -0.05) is 13.0 Å². The molecule has 2 aliphatic heterocycles. The molecule has 140 valence electrons. The van der Waals surface area contributed by atoms with Crippen LogP contribution < -0.4 is 4.90 Å². The second-order valence-corrected chi connectivity index (χ2v) is 9.12. The first kappa shape index (κ1) is 17.9. The van der Waals surface area contributed by atoms with Crippen molar-refractivity contribution in [1.29, 1.82) is 0 Å². The summed E-state index contributed by atoms with van der Waals surface area (Å²) in [6.45, 7) is 8.98. The molecule has 0 N–H and O–H groups in total. The zero-order valence-corrected chi connectivity index (χ0v) is 16.9. The SMILES string of the molecule is CC1CCN(Cc2csc(N3CCN(C(=O)c4cccs4)CC3)n2)CC1. The van der Waals surface area contributed by atoms with E-state index in [0.717, 1.165) is 48.7 Å². The van der Waals surface area contributed by atoms with Gasteiger partial charge in [-0.2, -0.15) is 0 Å². The lowest BCUT2D eigenvalue weighted by Crippen LogP contribution is -2.48. The summed E-state index contributed by atoms with van der Waals surface area (Å²) in [6, 6.07) is 3.85. The van der Waals surface area contributed by atoms with E-state index < -0.39 is 0 Å². The quantitative estimate of drug-likeness (QED) is 0.802. The van der Waals surface area contributed by atoms with E-state index in [1.165, 1.54) is 43.0 Å². The molecule has 0 radical (unpaired) electrons. The third-order valence-corrected chi connectivity index (χ3v) is 7.18. The largest absolute Gasteiger partial charge is 0.345 e. The van der Waals surface area contributed by atoms with Crippen molar-refractivity contribution in [2.45, 2.75) is 26.3 Å². The van der Waals surface area contributed by atoms with E-state index in [9.17, 15) is 4.79 Å². The number of piperazine rings is 1. The standard InChI is InChI=1S/C19H26N4OS2/c1-15-4-6-21(7-5-15)13-16-14-26-19(20-16)23-10-8-22(9-11-23)18(24)17-3-2-12-25-17/h2-3,12,14-15H,4-11,13H2,1H3. The van der Waals surface area contributed by atoms with E-state index >= 15 is 0 Å². The van der Waals surface area contributed by atoms with Crippen LogP contribution in [-0.2, 0) is 6.54 Å². The average molecular weight is 391 g/mol. The third kappa shape index (κ3) is 4.10. The normalized spacial score (nSPS) is 19.9. The van der Waals surface area contributed by atoms with Crippen LogP contribution in [-0.4, -0.2) is 60.0 Å². The Morgan fingerprint density at radius 1 is 1.15 bits per heavy atom. The fourth-order valence-electron chi connectivity index (χ4n) is 3.62. The predicted molar refractivity (Wildman–Crippen MR) is 108 cm³/mol. The van der Waals surface area contributed by atoms with Crippen molar-refractivity contribution >= 4 is 33.7 Å². The number of nitrogens with zero attached hydrogens (tertiary/aromatic N) is 4. The summed E-state index contributed by atoms with van der Waals surface area (Å²) in [5.74, 6) is 1.03. The molecule has 0 spiro atoms. The highest BCUT2D eigenvalue weighted by molar-refractivity contribution is 7.13. The number of hydrogen-bond acceptors (Lipinski definition) is 6. The Bertz CT molecular complexity index is 714. The highest BCUT2D eigenvalue weighted by Gasteiger charge is 2.24. The summed E-state index contributed by atoms with van der Waals surface area (Å²) in [5, 5.41) is 5.27. The monoisotopic (exact) mass is 390 g/mol. The highest BCUT2D eigenvalue weighted by atomic mass is 32.1. The molecule has 2 aliphatic rings. The van der Waals surface area contributed by atoms with Gasteiger partial charge in [-0.25, -0.2) is 4.98 Å². The number of amides is 1. The Morgan fingerprint density at radius 2 is 1.92 bits per heavy atom. The highest BCUT2D eigenvalue weighted by Crippen LogP contribution is 2.25. The van der Waals surface area contributed by atoms with Gasteiger partial charge < -0.3 is 9.80 Å². The number of likely N-dealkylation sites (tertiary alicyclic amines) is 1. The molecule has 0 unspecified atom stereocenters. The van der Waals surface area contributed by atoms with Gasteiger partial charge in [0.05, 0.1) is 10.6 Å². The molecule has 0 atom stereocenters. The van der Waals surface area contributed by atoms with Crippen LogP contribution in [0.15, 0.2) is 22.9 Å². The van der Waals surface area contributed by atoms with Crippen molar-refractivity contribution < 1.29 is 4.79 Å². The molecule has 0 saturated carbocycles. The number of carbonyl (C=O) groups excluding carboxylic acids is 1. The van der Waals surface area contributed by atoms with E-state index in [2.05, 4.69) is 22.1 Å². The van der Waals surface area contributed by atoms with Gasteiger partial charge in [-0.3, -0.25) is 9.69 Å². The summed E-state index contributed by atoms with van der Waals surface area (Å²) in [4.78, 5) is 25.0. The minimum absolute atomic E-state index is 0.166. The summed E-state index contributed by atoms with van der Waals surface area (Å²) >= 11 is 3.26. The lowest BCUT2D eigenvalue weighted by atomic mass is 9.99. The number of piperidine rings is 1. The van der Waals surface area contributed by atoms with Crippen LogP contribution in [0, 0.1) is 5.92 Å². The van der Waals surface area contributed by atoms with E-state index in [1.807, 2.05) is 22.4 Å². The van der Waals surface area contributed by atoms with Gasteiger partial charge in [0.2, 0.25) is 0 Å². The number of carbonyl (C=O) groups is 1. The molecule has 0 bridgehead atoms. The van der Waals surface area contributed by atoms with Crippen molar-refractivity contribution in [3.63, 3.8) is 0 Å².